The van der Waals surface area contributed by atoms with Crippen LogP contribution < -0.4 is 5.19 Å². The summed E-state index contributed by atoms with van der Waals surface area (Å²) >= 11 is 4.97. The zero-order valence-electron chi connectivity index (χ0n) is 14.8. The molecule has 2 aromatic rings. The number of carbonyl (C=O) groups is 1. The van der Waals surface area contributed by atoms with Gasteiger partial charge >= 0.3 is 194 Å². The normalized spacial score (nSPS) is 20.8. The summed E-state index contributed by atoms with van der Waals surface area (Å²) in [5.41, 5.74) is 2.87. The standard InChI is InChI=1S/C20H17I2NO2SeSi/c1-3-8-27(2)16-9-11(24)4-5-13(16)23-14-6-7-15(25)18(20(14)27)19-12(21)10-17(22)26-19/h4-7,9-10,25H,3,8H2,1-2H3. The number of allylic oxidation sites excluding steroid dienone is 4. The van der Waals surface area contributed by atoms with Crippen LogP contribution in [0.5, 0.6) is 5.75 Å². The number of phenolic OH excluding ortho intramolecular Hbond substituents is 1. The Morgan fingerprint density at radius 3 is 2.70 bits per heavy atom. The Balaban J connectivity index is 2.09. The van der Waals surface area contributed by atoms with E-state index in [0.29, 0.717) is 5.75 Å². The zero-order valence-corrected chi connectivity index (χ0v) is 21.9. The van der Waals surface area contributed by atoms with Crippen LogP contribution in [0.1, 0.15) is 13.3 Å². The van der Waals surface area contributed by atoms with Crippen LogP contribution in [-0.2, 0) is 4.79 Å². The topological polar surface area (TPSA) is 49.7 Å². The van der Waals surface area contributed by atoms with Crippen LogP contribution >= 0.6 is 45.2 Å². The van der Waals surface area contributed by atoms with Gasteiger partial charge < -0.3 is 0 Å². The third kappa shape index (κ3) is 3.29. The molecule has 2 aliphatic rings. The Labute approximate surface area is 192 Å². The summed E-state index contributed by atoms with van der Waals surface area (Å²) in [4.78, 5) is 17.1. The summed E-state index contributed by atoms with van der Waals surface area (Å²) < 4.78 is 3.79. The van der Waals surface area contributed by atoms with E-state index in [4.69, 9.17) is 4.99 Å². The fraction of sp³-hybridized carbons (Fsp3) is 0.200. The number of phenols is 1. The second-order valence-corrected chi connectivity index (χ2v) is 17.3. The number of halogens is 2. The van der Waals surface area contributed by atoms with Gasteiger partial charge in [0, 0.05) is 0 Å². The molecule has 0 spiro atoms. The predicted molar refractivity (Wildman–Crippen MR) is 132 cm³/mol. The van der Waals surface area contributed by atoms with Crippen molar-refractivity contribution < 1.29 is 9.90 Å². The number of aliphatic imine (C=N–C) groups is 1. The summed E-state index contributed by atoms with van der Waals surface area (Å²) in [5, 5.41) is 13.2. The minimum absolute atomic E-state index is 0.0408. The van der Waals surface area contributed by atoms with Crippen molar-refractivity contribution in [1.82, 2.24) is 0 Å². The van der Waals surface area contributed by atoms with Crippen LogP contribution in [0.3, 0.4) is 0 Å². The van der Waals surface area contributed by atoms with E-state index < -0.39 is 8.07 Å². The van der Waals surface area contributed by atoms with Crippen LogP contribution in [0.4, 0.5) is 5.69 Å². The molecule has 0 fully saturated rings. The first-order valence-corrected chi connectivity index (χ1v) is 15.3. The first-order valence-electron chi connectivity index (χ1n) is 8.70. The van der Waals surface area contributed by atoms with Crippen LogP contribution in [0.15, 0.2) is 46.6 Å². The Morgan fingerprint density at radius 2 is 2.04 bits per heavy atom. The Hall–Kier alpha value is -0.484. The average Bonchev–Trinajstić information content (AvgIpc) is 2.95. The molecule has 0 saturated carbocycles. The number of rotatable bonds is 3. The molecule has 1 aromatic carbocycles. The van der Waals surface area contributed by atoms with Crippen molar-refractivity contribution in [3.8, 4) is 15.8 Å². The van der Waals surface area contributed by atoms with E-state index >= 15 is 0 Å². The summed E-state index contributed by atoms with van der Waals surface area (Å²) in [6, 6.07) is 6.96. The molecule has 3 nitrogen and oxygen atoms in total. The van der Waals surface area contributed by atoms with Crippen molar-refractivity contribution >= 4 is 90.1 Å². The number of benzene rings is 1. The van der Waals surface area contributed by atoms with Crippen molar-refractivity contribution in [3.05, 3.63) is 47.6 Å². The molecule has 1 unspecified atom stereocenters. The van der Waals surface area contributed by atoms with Crippen LogP contribution in [0, 0.1) is 6.01 Å². The van der Waals surface area contributed by atoms with Gasteiger partial charge in [-0.1, -0.05) is 0 Å². The van der Waals surface area contributed by atoms with Gasteiger partial charge in [0.25, 0.3) is 0 Å². The van der Waals surface area contributed by atoms with Crippen molar-refractivity contribution in [3.63, 3.8) is 0 Å². The molecule has 0 amide bonds. The maximum atomic E-state index is 12.2. The molecule has 138 valence electrons. The van der Waals surface area contributed by atoms with Crippen LogP contribution in [-0.4, -0.2) is 39.2 Å². The monoisotopic (exact) mass is 665 g/mol. The van der Waals surface area contributed by atoms with Gasteiger partial charge in [0.15, 0.2) is 0 Å². The number of nitrogens with zero attached hydrogens (tertiary/aromatic N) is 1. The molecule has 2 heterocycles. The van der Waals surface area contributed by atoms with Gasteiger partial charge in [-0.2, -0.15) is 0 Å². The molecule has 0 bridgehead atoms. The second-order valence-electron chi connectivity index (χ2n) is 6.95. The zero-order chi connectivity index (χ0) is 19.3. The van der Waals surface area contributed by atoms with E-state index in [1.165, 1.54) is 15.6 Å². The third-order valence-electron chi connectivity index (χ3n) is 5.15. The molecule has 1 aliphatic carbocycles. The molecule has 1 N–H and O–H groups in total. The summed E-state index contributed by atoms with van der Waals surface area (Å²) in [6.07, 6.45) is 6.30. The van der Waals surface area contributed by atoms with Gasteiger partial charge in [-0.05, 0) is 0 Å². The van der Waals surface area contributed by atoms with E-state index in [0.717, 1.165) is 34.6 Å². The first kappa shape index (κ1) is 19.8. The molecule has 1 aliphatic heterocycles. The number of fused-ring (bicyclic) bond motifs is 2. The molecule has 0 saturated heterocycles. The molecule has 27 heavy (non-hydrogen) atoms. The van der Waals surface area contributed by atoms with Crippen LogP contribution in [0.25, 0.3) is 10.0 Å². The van der Waals surface area contributed by atoms with Crippen molar-refractivity contribution in [2.24, 2.45) is 4.99 Å². The summed E-state index contributed by atoms with van der Waals surface area (Å²) in [6.45, 7) is 4.53. The summed E-state index contributed by atoms with van der Waals surface area (Å²) in [7, 11) is -2.21. The first-order chi connectivity index (χ1) is 12.8. The number of hydrogen-bond acceptors (Lipinski definition) is 3. The summed E-state index contributed by atoms with van der Waals surface area (Å²) in [5.74, 6) is 0.380. The van der Waals surface area contributed by atoms with Gasteiger partial charge in [0.1, 0.15) is 0 Å². The Bertz CT molecular complexity index is 1070. The molecule has 4 rings (SSSR count). The molecule has 0 radical (unpaired) electrons. The fourth-order valence-corrected chi connectivity index (χ4v) is 14.2. The Kier molecular flexibility index (Phi) is 5.43. The third-order valence-corrected chi connectivity index (χ3v) is 15.0. The van der Waals surface area contributed by atoms with Gasteiger partial charge in [-0.25, -0.2) is 0 Å². The number of aromatic hydroxyl groups is 1. The number of carbonyl (C=O) groups excluding carboxylic acids is 1. The number of hydrogen-bond donors (Lipinski definition) is 1. The van der Waals surface area contributed by atoms with E-state index in [1.807, 2.05) is 12.1 Å². The van der Waals surface area contributed by atoms with E-state index in [-0.39, 0.29) is 20.3 Å². The molecular weight excluding hydrogens is 647 g/mol. The number of ketones is 1. The molecule has 1 aromatic heterocycles. The van der Waals surface area contributed by atoms with Gasteiger partial charge in [-0.15, -0.1) is 0 Å². The average molecular weight is 664 g/mol. The van der Waals surface area contributed by atoms with E-state index in [1.54, 1.807) is 18.2 Å². The Morgan fingerprint density at radius 1 is 1.26 bits per heavy atom. The maximum absolute atomic E-state index is 12.2. The molecular formula is C20H17I2NO2SeSi. The predicted octanol–water partition coefficient (Wildman–Crippen LogP) is 4.71. The minimum atomic E-state index is -2.21. The quantitative estimate of drug-likeness (QED) is 0.294. The van der Waals surface area contributed by atoms with Gasteiger partial charge in [-0.3, -0.25) is 0 Å². The van der Waals surface area contributed by atoms with Gasteiger partial charge in [0.2, 0.25) is 0 Å². The second kappa shape index (κ2) is 7.40. The SMILES string of the molecule is CCC[Si]1(C)C2=CC(=O)C=CC2=Nc2ccc(O)c(-c3[se]c(I)cc3I)c21. The van der Waals surface area contributed by atoms with Crippen molar-refractivity contribution in [2.75, 3.05) is 0 Å². The van der Waals surface area contributed by atoms with Crippen molar-refractivity contribution in [2.45, 2.75) is 25.9 Å². The van der Waals surface area contributed by atoms with Crippen molar-refractivity contribution in [1.29, 1.82) is 0 Å². The van der Waals surface area contributed by atoms with E-state index in [9.17, 15) is 9.90 Å². The molecule has 1 atom stereocenters. The van der Waals surface area contributed by atoms with Gasteiger partial charge in [0.05, 0.1) is 0 Å². The molecule has 7 heteroatoms. The van der Waals surface area contributed by atoms with Crippen LogP contribution in [0.2, 0.25) is 12.6 Å². The fourth-order valence-electron chi connectivity index (χ4n) is 4.05. The van der Waals surface area contributed by atoms with E-state index in [2.05, 4.69) is 64.7 Å².